The Hall–Kier alpha value is -2.10. The Morgan fingerprint density at radius 3 is 3.00 bits per heavy atom. The lowest BCUT2D eigenvalue weighted by Crippen LogP contribution is -2.10. The summed E-state index contributed by atoms with van der Waals surface area (Å²) in [6.07, 6.45) is 2.14. The summed E-state index contributed by atoms with van der Waals surface area (Å²) in [6.45, 7) is 1.81. The van der Waals surface area contributed by atoms with E-state index in [-0.39, 0.29) is 5.91 Å². The van der Waals surface area contributed by atoms with Crippen LogP contribution in [0.15, 0.2) is 30.5 Å². The average molecular weight is 215 g/mol. The number of nitrogens with zero attached hydrogens (tertiary/aromatic N) is 1. The first-order valence-corrected chi connectivity index (χ1v) is 5.15. The van der Waals surface area contributed by atoms with Crippen molar-refractivity contribution in [3.05, 3.63) is 30.5 Å². The molecule has 2 aromatic rings. The minimum atomic E-state index is -0.0186. The molecule has 0 aliphatic carbocycles. The Morgan fingerprint density at radius 2 is 2.25 bits per heavy atom. The fourth-order valence-corrected chi connectivity index (χ4v) is 1.54. The van der Waals surface area contributed by atoms with Gasteiger partial charge in [-0.2, -0.15) is 0 Å². The van der Waals surface area contributed by atoms with Crippen LogP contribution in [0.2, 0.25) is 0 Å². The number of rotatable bonds is 2. The van der Waals surface area contributed by atoms with Crippen LogP contribution in [0.1, 0.15) is 13.3 Å². The topological polar surface area (TPSA) is 68.0 Å². The summed E-state index contributed by atoms with van der Waals surface area (Å²) in [5.41, 5.74) is 7.90. The monoisotopic (exact) mass is 215 g/mol. The molecule has 0 unspecified atom stereocenters. The second-order valence-corrected chi connectivity index (χ2v) is 3.50. The Kier molecular flexibility index (Phi) is 2.72. The van der Waals surface area contributed by atoms with Crippen LogP contribution in [-0.4, -0.2) is 10.9 Å². The molecule has 4 heteroatoms. The van der Waals surface area contributed by atoms with Crippen LogP contribution < -0.4 is 11.1 Å². The molecule has 0 saturated carbocycles. The zero-order valence-electron chi connectivity index (χ0n) is 9.03. The van der Waals surface area contributed by atoms with Crippen molar-refractivity contribution in [1.29, 1.82) is 0 Å². The summed E-state index contributed by atoms with van der Waals surface area (Å²) in [5, 5.41) is 3.69. The number of nitrogen functional groups attached to an aromatic ring is 1. The Bertz CT molecular complexity index is 537. The number of pyridine rings is 1. The molecule has 0 spiro atoms. The highest BCUT2D eigenvalue weighted by molar-refractivity contribution is 6.04. The number of benzene rings is 1. The molecule has 4 nitrogen and oxygen atoms in total. The van der Waals surface area contributed by atoms with E-state index in [9.17, 15) is 4.79 Å². The molecule has 0 fully saturated rings. The fraction of sp³-hybridized carbons (Fsp3) is 0.167. The highest BCUT2D eigenvalue weighted by Gasteiger charge is 2.06. The number of fused-ring (bicyclic) bond motifs is 1. The molecule has 1 aromatic carbocycles. The molecule has 16 heavy (non-hydrogen) atoms. The summed E-state index contributed by atoms with van der Waals surface area (Å²) in [4.78, 5) is 15.5. The van der Waals surface area contributed by atoms with Gasteiger partial charge < -0.3 is 11.1 Å². The van der Waals surface area contributed by atoms with Gasteiger partial charge in [0.25, 0.3) is 0 Å². The minimum Gasteiger partial charge on any atom is -0.397 e. The molecule has 2 rings (SSSR count). The molecule has 1 heterocycles. The second kappa shape index (κ2) is 4.18. The van der Waals surface area contributed by atoms with Crippen molar-refractivity contribution in [2.45, 2.75) is 13.3 Å². The zero-order valence-corrected chi connectivity index (χ0v) is 9.03. The number of nitrogens with one attached hydrogen (secondary N) is 1. The van der Waals surface area contributed by atoms with E-state index in [0.29, 0.717) is 12.1 Å². The van der Waals surface area contributed by atoms with Crippen LogP contribution in [0.4, 0.5) is 11.4 Å². The van der Waals surface area contributed by atoms with Gasteiger partial charge in [0, 0.05) is 18.0 Å². The molecule has 0 aliphatic heterocycles. The fourth-order valence-electron chi connectivity index (χ4n) is 1.54. The number of carbonyl (C=O) groups is 1. The smallest absolute Gasteiger partial charge is 0.224 e. The third-order valence-electron chi connectivity index (χ3n) is 2.40. The maximum Gasteiger partial charge on any atom is 0.224 e. The van der Waals surface area contributed by atoms with E-state index < -0.39 is 0 Å². The number of amides is 1. The lowest BCUT2D eigenvalue weighted by atomic mass is 10.1. The van der Waals surface area contributed by atoms with Gasteiger partial charge in [-0.05, 0) is 24.3 Å². The van der Waals surface area contributed by atoms with Crippen molar-refractivity contribution in [1.82, 2.24) is 4.98 Å². The van der Waals surface area contributed by atoms with E-state index in [0.717, 1.165) is 16.6 Å². The van der Waals surface area contributed by atoms with Crippen molar-refractivity contribution in [3.8, 4) is 0 Å². The van der Waals surface area contributed by atoms with Gasteiger partial charge in [0.2, 0.25) is 5.91 Å². The molecule has 1 amide bonds. The van der Waals surface area contributed by atoms with Crippen LogP contribution in [0.25, 0.3) is 10.9 Å². The van der Waals surface area contributed by atoms with E-state index >= 15 is 0 Å². The van der Waals surface area contributed by atoms with Gasteiger partial charge in [-0.25, -0.2) is 0 Å². The molecule has 82 valence electrons. The minimum absolute atomic E-state index is 0.0186. The maximum absolute atomic E-state index is 11.3. The molecule has 0 saturated heterocycles. The van der Waals surface area contributed by atoms with Gasteiger partial charge >= 0.3 is 0 Å². The number of aromatic nitrogens is 1. The van der Waals surface area contributed by atoms with Gasteiger partial charge in [-0.1, -0.05) is 6.92 Å². The molecule has 0 bridgehead atoms. The molecule has 0 radical (unpaired) electrons. The first-order chi connectivity index (χ1) is 7.72. The van der Waals surface area contributed by atoms with Gasteiger partial charge in [-0.15, -0.1) is 0 Å². The van der Waals surface area contributed by atoms with Crippen molar-refractivity contribution in [2.24, 2.45) is 0 Å². The largest absolute Gasteiger partial charge is 0.397 e. The summed E-state index contributed by atoms with van der Waals surface area (Å²) in [5.74, 6) is -0.0186. The second-order valence-electron chi connectivity index (χ2n) is 3.50. The van der Waals surface area contributed by atoms with E-state index in [4.69, 9.17) is 5.73 Å². The lowest BCUT2D eigenvalue weighted by molar-refractivity contribution is -0.115. The first kappa shape index (κ1) is 10.4. The van der Waals surface area contributed by atoms with Crippen molar-refractivity contribution >= 4 is 28.2 Å². The Balaban J connectivity index is 2.54. The van der Waals surface area contributed by atoms with Crippen LogP contribution in [0.5, 0.6) is 0 Å². The predicted octanol–water partition coefficient (Wildman–Crippen LogP) is 2.17. The van der Waals surface area contributed by atoms with E-state index in [1.54, 1.807) is 18.3 Å². The normalized spacial score (nSPS) is 10.3. The maximum atomic E-state index is 11.3. The molecular weight excluding hydrogens is 202 g/mol. The van der Waals surface area contributed by atoms with Crippen molar-refractivity contribution in [2.75, 3.05) is 11.1 Å². The standard InChI is InChI=1S/C12H13N3O/c1-2-11(16)15-10-6-5-9(13)12-8(10)4-3-7-14-12/h3-7H,2,13H2,1H3,(H,15,16). The number of hydrogen-bond donors (Lipinski definition) is 2. The molecule has 1 aromatic heterocycles. The highest BCUT2D eigenvalue weighted by atomic mass is 16.1. The van der Waals surface area contributed by atoms with Crippen LogP contribution >= 0.6 is 0 Å². The summed E-state index contributed by atoms with van der Waals surface area (Å²) in [6, 6.07) is 7.26. The van der Waals surface area contributed by atoms with Gasteiger partial charge in [0.05, 0.1) is 16.9 Å². The third-order valence-corrected chi connectivity index (χ3v) is 2.40. The summed E-state index contributed by atoms with van der Waals surface area (Å²) in [7, 11) is 0. The Morgan fingerprint density at radius 1 is 1.44 bits per heavy atom. The third kappa shape index (κ3) is 1.82. The van der Waals surface area contributed by atoms with Crippen molar-refractivity contribution < 1.29 is 4.79 Å². The van der Waals surface area contributed by atoms with Crippen LogP contribution in [0.3, 0.4) is 0 Å². The van der Waals surface area contributed by atoms with Gasteiger partial charge in [-0.3, -0.25) is 9.78 Å². The molecule has 3 N–H and O–H groups in total. The quantitative estimate of drug-likeness (QED) is 0.754. The van der Waals surface area contributed by atoms with Crippen LogP contribution in [0, 0.1) is 0 Å². The summed E-state index contributed by atoms with van der Waals surface area (Å²) >= 11 is 0. The molecular formula is C12H13N3O. The molecule has 0 aliphatic rings. The first-order valence-electron chi connectivity index (χ1n) is 5.15. The Labute approximate surface area is 93.5 Å². The predicted molar refractivity (Wildman–Crippen MR) is 65.1 cm³/mol. The van der Waals surface area contributed by atoms with E-state index in [1.807, 2.05) is 19.1 Å². The van der Waals surface area contributed by atoms with Crippen molar-refractivity contribution in [3.63, 3.8) is 0 Å². The zero-order chi connectivity index (χ0) is 11.5. The number of nitrogens with two attached hydrogens (primary N) is 1. The van der Waals surface area contributed by atoms with E-state index in [2.05, 4.69) is 10.3 Å². The lowest BCUT2D eigenvalue weighted by Gasteiger charge is -2.08. The number of anilines is 2. The average Bonchev–Trinajstić information content (AvgIpc) is 2.33. The number of hydrogen-bond acceptors (Lipinski definition) is 3. The van der Waals surface area contributed by atoms with Gasteiger partial charge in [0.1, 0.15) is 0 Å². The van der Waals surface area contributed by atoms with Crippen LogP contribution in [-0.2, 0) is 4.79 Å². The summed E-state index contributed by atoms with van der Waals surface area (Å²) < 4.78 is 0. The highest BCUT2D eigenvalue weighted by Crippen LogP contribution is 2.26. The van der Waals surface area contributed by atoms with Gasteiger partial charge in [0.15, 0.2) is 0 Å². The SMILES string of the molecule is CCC(=O)Nc1ccc(N)c2ncccc12. The molecule has 0 atom stereocenters. The van der Waals surface area contributed by atoms with E-state index in [1.165, 1.54) is 0 Å². The number of carbonyl (C=O) groups excluding carboxylic acids is 1.